The Hall–Kier alpha value is -1.04. The van der Waals surface area contributed by atoms with E-state index in [2.05, 4.69) is 22.8 Å². The zero-order chi connectivity index (χ0) is 14.2. The summed E-state index contributed by atoms with van der Waals surface area (Å²) >= 11 is 1.76. The lowest BCUT2D eigenvalue weighted by atomic mass is 9.95. The molecule has 0 aromatic heterocycles. The van der Waals surface area contributed by atoms with Crippen molar-refractivity contribution in [3.05, 3.63) is 35.4 Å². The van der Waals surface area contributed by atoms with E-state index >= 15 is 0 Å². The zero-order valence-electron chi connectivity index (χ0n) is 11.6. The first kappa shape index (κ1) is 15.4. The summed E-state index contributed by atoms with van der Waals surface area (Å²) in [4.78, 5) is 12.1. The van der Waals surface area contributed by atoms with E-state index in [4.69, 9.17) is 5.11 Å². The molecule has 0 radical (unpaired) electrons. The molecule has 1 atom stereocenters. The third-order valence-electron chi connectivity index (χ3n) is 3.39. The predicted molar refractivity (Wildman–Crippen MR) is 82.8 cm³/mol. The smallest absolute Gasteiger partial charge is 0.237 e. The fraction of sp³-hybridized carbons (Fsp3) is 0.533. The van der Waals surface area contributed by atoms with Crippen molar-refractivity contribution in [3.63, 3.8) is 0 Å². The molecule has 1 aromatic carbocycles. The van der Waals surface area contributed by atoms with Crippen molar-refractivity contribution in [1.82, 2.24) is 10.6 Å². The topological polar surface area (TPSA) is 61.4 Å². The average molecular weight is 294 g/mol. The molecule has 0 bridgehead atoms. The molecule has 1 aromatic rings. The number of carbonyl (C=O) groups excluding carboxylic acids is 1. The molecule has 1 amide bonds. The summed E-state index contributed by atoms with van der Waals surface area (Å²) in [6.45, 7) is 1.69. The van der Waals surface area contributed by atoms with Gasteiger partial charge in [-0.15, -0.1) is 0 Å². The van der Waals surface area contributed by atoms with E-state index in [1.54, 1.807) is 11.8 Å². The molecule has 0 saturated heterocycles. The van der Waals surface area contributed by atoms with Crippen molar-refractivity contribution in [3.8, 4) is 0 Å². The van der Waals surface area contributed by atoms with Crippen molar-refractivity contribution in [2.45, 2.75) is 25.4 Å². The molecule has 1 aliphatic heterocycles. The third kappa shape index (κ3) is 4.51. The van der Waals surface area contributed by atoms with E-state index in [9.17, 15) is 4.79 Å². The molecular weight excluding hydrogens is 272 g/mol. The van der Waals surface area contributed by atoms with Crippen LogP contribution < -0.4 is 10.6 Å². The standard InChI is InChI=1S/C15H22N2O2S/c18-7-3-8-20-9-6-16-15(19)14-10-12-4-1-2-5-13(12)11-17-14/h1-2,4-5,14,17-18H,3,6-11H2,(H,16,19)/t14-/m1/s1. The van der Waals surface area contributed by atoms with Crippen LogP contribution in [-0.4, -0.2) is 41.7 Å². The highest BCUT2D eigenvalue weighted by atomic mass is 32.2. The summed E-state index contributed by atoms with van der Waals surface area (Å²) in [6.07, 6.45) is 1.58. The number of nitrogens with one attached hydrogen (secondary N) is 2. The number of hydrogen-bond donors (Lipinski definition) is 3. The SMILES string of the molecule is O=C(NCCSCCCO)[C@H]1Cc2ccccc2CN1. The first-order valence-electron chi connectivity index (χ1n) is 7.07. The number of rotatable bonds is 7. The van der Waals surface area contributed by atoms with Crippen LogP contribution in [0.25, 0.3) is 0 Å². The molecule has 0 unspecified atom stereocenters. The third-order valence-corrected chi connectivity index (χ3v) is 4.46. The lowest BCUT2D eigenvalue weighted by Gasteiger charge is -2.25. The highest BCUT2D eigenvalue weighted by Crippen LogP contribution is 2.16. The van der Waals surface area contributed by atoms with Gasteiger partial charge in [-0.2, -0.15) is 11.8 Å². The molecule has 0 spiro atoms. The summed E-state index contributed by atoms with van der Waals surface area (Å²) in [7, 11) is 0. The number of thioether (sulfide) groups is 1. The molecule has 3 N–H and O–H groups in total. The predicted octanol–water partition coefficient (Wildman–Crippen LogP) is 0.933. The van der Waals surface area contributed by atoms with Crippen molar-refractivity contribution >= 4 is 17.7 Å². The Bertz CT molecular complexity index is 440. The van der Waals surface area contributed by atoms with E-state index in [0.29, 0.717) is 6.54 Å². The van der Waals surface area contributed by atoms with Crippen LogP contribution in [0.1, 0.15) is 17.5 Å². The number of benzene rings is 1. The first-order chi connectivity index (χ1) is 9.81. The van der Waals surface area contributed by atoms with Crippen molar-refractivity contribution < 1.29 is 9.90 Å². The highest BCUT2D eigenvalue weighted by Gasteiger charge is 2.23. The molecule has 0 fully saturated rings. The Balaban J connectivity index is 1.69. The van der Waals surface area contributed by atoms with Crippen LogP contribution in [0.5, 0.6) is 0 Å². The van der Waals surface area contributed by atoms with Gasteiger partial charge in [0.25, 0.3) is 0 Å². The Morgan fingerprint density at radius 3 is 2.95 bits per heavy atom. The maximum atomic E-state index is 12.1. The van der Waals surface area contributed by atoms with Crippen LogP contribution >= 0.6 is 11.8 Å². The summed E-state index contributed by atoms with van der Waals surface area (Å²) in [5.74, 6) is 1.93. The quantitative estimate of drug-likeness (QED) is 0.655. The Morgan fingerprint density at radius 2 is 2.15 bits per heavy atom. The lowest BCUT2D eigenvalue weighted by molar-refractivity contribution is -0.123. The summed E-state index contributed by atoms with van der Waals surface area (Å²) in [5, 5.41) is 14.9. The molecule has 110 valence electrons. The maximum Gasteiger partial charge on any atom is 0.237 e. The highest BCUT2D eigenvalue weighted by molar-refractivity contribution is 7.99. The van der Waals surface area contributed by atoms with Crippen molar-refractivity contribution in [2.24, 2.45) is 0 Å². The normalized spacial score (nSPS) is 17.6. The van der Waals surface area contributed by atoms with Crippen LogP contribution in [0.2, 0.25) is 0 Å². The van der Waals surface area contributed by atoms with Crippen molar-refractivity contribution in [2.75, 3.05) is 24.7 Å². The molecule has 5 heteroatoms. The van der Waals surface area contributed by atoms with Gasteiger partial charge in [0.15, 0.2) is 0 Å². The second-order valence-corrected chi connectivity index (χ2v) is 6.11. The summed E-state index contributed by atoms with van der Waals surface area (Å²) in [5.41, 5.74) is 2.56. The van der Waals surface area contributed by atoms with Gasteiger partial charge in [-0.1, -0.05) is 24.3 Å². The Morgan fingerprint density at radius 1 is 1.35 bits per heavy atom. The fourth-order valence-corrected chi connectivity index (χ4v) is 3.06. The molecular formula is C15H22N2O2S. The first-order valence-corrected chi connectivity index (χ1v) is 8.23. The molecule has 0 saturated carbocycles. The van der Waals surface area contributed by atoms with E-state index in [0.717, 1.165) is 30.9 Å². The molecule has 2 rings (SSSR count). The van der Waals surface area contributed by atoms with Gasteiger partial charge >= 0.3 is 0 Å². The number of aliphatic hydroxyl groups is 1. The number of fused-ring (bicyclic) bond motifs is 1. The van der Waals surface area contributed by atoms with Gasteiger partial charge in [0.1, 0.15) is 0 Å². The minimum absolute atomic E-state index is 0.0854. The van der Waals surface area contributed by atoms with Gasteiger partial charge < -0.3 is 15.7 Å². The number of aliphatic hydroxyl groups excluding tert-OH is 1. The van der Waals surface area contributed by atoms with Gasteiger partial charge in [0.05, 0.1) is 6.04 Å². The van der Waals surface area contributed by atoms with E-state index < -0.39 is 0 Å². The van der Waals surface area contributed by atoms with Crippen LogP contribution in [0.15, 0.2) is 24.3 Å². The average Bonchev–Trinajstić information content (AvgIpc) is 2.50. The minimum atomic E-state index is -0.118. The van der Waals surface area contributed by atoms with Crippen LogP contribution in [-0.2, 0) is 17.8 Å². The van der Waals surface area contributed by atoms with Crippen LogP contribution in [0, 0.1) is 0 Å². The summed E-state index contributed by atoms with van der Waals surface area (Å²) in [6, 6.07) is 8.14. The van der Waals surface area contributed by atoms with Crippen LogP contribution in [0.4, 0.5) is 0 Å². The second kappa shape index (κ2) is 8.29. The van der Waals surface area contributed by atoms with Crippen molar-refractivity contribution in [1.29, 1.82) is 0 Å². The largest absolute Gasteiger partial charge is 0.396 e. The lowest BCUT2D eigenvalue weighted by Crippen LogP contribution is -2.48. The van der Waals surface area contributed by atoms with Gasteiger partial charge in [0, 0.05) is 25.4 Å². The van der Waals surface area contributed by atoms with Gasteiger partial charge in [-0.25, -0.2) is 0 Å². The van der Waals surface area contributed by atoms with E-state index in [1.807, 2.05) is 12.1 Å². The monoisotopic (exact) mass is 294 g/mol. The Kier molecular flexibility index (Phi) is 6.36. The van der Waals surface area contributed by atoms with Gasteiger partial charge in [-0.05, 0) is 29.7 Å². The Labute approximate surface area is 124 Å². The van der Waals surface area contributed by atoms with E-state index in [-0.39, 0.29) is 18.6 Å². The number of carbonyl (C=O) groups is 1. The molecule has 4 nitrogen and oxygen atoms in total. The molecule has 20 heavy (non-hydrogen) atoms. The van der Waals surface area contributed by atoms with Crippen LogP contribution in [0.3, 0.4) is 0 Å². The number of amides is 1. The zero-order valence-corrected chi connectivity index (χ0v) is 12.4. The minimum Gasteiger partial charge on any atom is -0.396 e. The summed E-state index contributed by atoms with van der Waals surface area (Å²) < 4.78 is 0. The van der Waals surface area contributed by atoms with Gasteiger partial charge in [0.2, 0.25) is 5.91 Å². The fourth-order valence-electron chi connectivity index (χ4n) is 2.28. The molecule has 1 aliphatic rings. The molecule has 1 heterocycles. The number of hydrogen-bond acceptors (Lipinski definition) is 4. The van der Waals surface area contributed by atoms with E-state index in [1.165, 1.54) is 11.1 Å². The maximum absolute atomic E-state index is 12.1. The molecule has 0 aliphatic carbocycles. The second-order valence-electron chi connectivity index (χ2n) is 4.89. The van der Waals surface area contributed by atoms with Gasteiger partial charge in [-0.3, -0.25) is 4.79 Å².